The van der Waals surface area contributed by atoms with E-state index in [4.69, 9.17) is 4.98 Å². The fourth-order valence-electron chi connectivity index (χ4n) is 2.52. The Morgan fingerprint density at radius 1 is 1.32 bits per heavy atom. The highest BCUT2D eigenvalue weighted by atomic mass is 16.1. The zero-order valence-electron chi connectivity index (χ0n) is 13.6. The maximum atomic E-state index is 11.6. The molecule has 0 spiro atoms. The van der Waals surface area contributed by atoms with Crippen molar-refractivity contribution in [2.45, 2.75) is 46.1 Å². The molecular weight excluding hydrogens is 274 g/mol. The van der Waals surface area contributed by atoms with E-state index in [0.29, 0.717) is 12.1 Å². The molecule has 1 amide bonds. The number of rotatable bonds is 8. The molecule has 0 bridgehead atoms. The molecule has 2 aromatic rings. The number of imidazole rings is 1. The molecule has 2 rings (SSSR count). The van der Waals surface area contributed by atoms with Gasteiger partial charge in [-0.25, -0.2) is 4.98 Å². The lowest BCUT2D eigenvalue weighted by atomic mass is 10.2. The number of nitrogens with zero attached hydrogens (tertiary/aromatic N) is 2. The van der Waals surface area contributed by atoms with Crippen LogP contribution >= 0.6 is 0 Å². The molecule has 118 valence electrons. The number of hydrogen-bond donors (Lipinski definition) is 1. The SMILES string of the molecule is C=C(C)C(=O)NCCc1nc2ccccc2n1CCCCC. The topological polar surface area (TPSA) is 46.9 Å². The van der Waals surface area contributed by atoms with Gasteiger partial charge >= 0.3 is 0 Å². The van der Waals surface area contributed by atoms with E-state index in [9.17, 15) is 4.79 Å². The second kappa shape index (κ2) is 7.78. The van der Waals surface area contributed by atoms with Crippen molar-refractivity contribution in [3.05, 3.63) is 42.2 Å². The molecule has 4 heteroatoms. The van der Waals surface area contributed by atoms with Crippen molar-refractivity contribution in [1.82, 2.24) is 14.9 Å². The second-order valence-electron chi connectivity index (χ2n) is 5.66. The zero-order chi connectivity index (χ0) is 15.9. The summed E-state index contributed by atoms with van der Waals surface area (Å²) >= 11 is 0. The van der Waals surface area contributed by atoms with Gasteiger partial charge in [0.15, 0.2) is 0 Å². The van der Waals surface area contributed by atoms with Gasteiger partial charge in [0, 0.05) is 25.1 Å². The van der Waals surface area contributed by atoms with Crippen molar-refractivity contribution in [2.75, 3.05) is 6.54 Å². The Balaban J connectivity index is 2.11. The van der Waals surface area contributed by atoms with Gasteiger partial charge < -0.3 is 9.88 Å². The predicted octanol–water partition coefficient (Wildman–Crippen LogP) is 3.46. The standard InChI is InChI=1S/C18H25N3O/c1-4-5-8-13-21-16-10-7-6-9-15(16)20-17(21)11-12-19-18(22)14(2)3/h6-7,9-10H,2,4-5,8,11-13H2,1,3H3,(H,19,22). The first-order valence-electron chi connectivity index (χ1n) is 8.01. The van der Waals surface area contributed by atoms with E-state index in [0.717, 1.165) is 30.7 Å². The molecule has 1 aromatic carbocycles. The molecule has 0 radical (unpaired) electrons. The molecule has 0 aliphatic rings. The van der Waals surface area contributed by atoms with Crippen LogP contribution in [0.5, 0.6) is 0 Å². The summed E-state index contributed by atoms with van der Waals surface area (Å²) in [4.78, 5) is 16.3. The molecule has 0 saturated carbocycles. The van der Waals surface area contributed by atoms with Crippen molar-refractivity contribution in [3.8, 4) is 0 Å². The van der Waals surface area contributed by atoms with Gasteiger partial charge in [-0.1, -0.05) is 38.5 Å². The Morgan fingerprint density at radius 2 is 2.09 bits per heavy atom. The highest BCUT2D eigenvalue weighted by Gasteiger charge is 2.10. The summed E-state index contributed by atoms with van der Waals surface area (Å²) in [5.41, 5.74) is 2.75. The lowest BCUT2D eigenvalue weighted by Gasteiger charge is -2.09. The third kappa shape index (κ3) is 3.97. The summed E-state index contributed by atoms with van der Waals surface area (Å²) in [6.45, 7) is 9.15. The average Bonchev–Trinajstić information content (AvgIpc) is 2.85. The minimum Gasteiger partial charge on any atom is -0.352 e. The first kappa shape index (κ1) is 16.3. The zero-order valence-corrected chi connectivity index (χ0v) is 13.6. The number of benzene rings is 1. The van der Waals surface area contributed by atoms with E-state index in [1.165, 1.54) is 18.4 Å². The Hall–Kier alpha value is -2.10. The van der Waals surface area contributed by atoms with Crippen LogP contribution in [0.15, 0.2) is 36.4 Å². The molecule has 1 N–H and O–H groups in total. The Labute approximate surface area is 132 Å². The minimum absolute atomic E-state index is 0.0892. The van der Waals surface area contributed by atoms with Crippen molar-refractivity contribution in [1.29, 1.82) is 0 Å². The fourth-order valence-corrected chi connectivity index (χ4v) is 2.52. The summed E-state index contributed by atoms with van der Waals surface area (Å²) in [5, 5.41) is 2.88. The van der Waals surface area contributed by atoms with Crippen LogP contribution < -0.4 is 5.32 Å². The van der Waals surface area contributed by atoms with Gasteiger partial charge in [0.2, 0.25) is 5.91 Å². The van der Waals surface area contributed by atoms with E-state index < -0.39 is 0 Å². The molecule has 1 heterocycles. The quantitative estimate of drug-likeness (QED) is 0.599. The third-order valence-corrected chi connectivity index (χ3v) is 3.74. The molecule has 0 atom stereocenters. The number of carbonyl (C=O) groups is 1. The van der Waals surface area contributed by atoms with Gasteiger partial charge in [0.1, 0.15) is 5.82 Å². The molecule has 22 heavy (non-hydrogen) atoms. The molecule has 1 aromatic heterocycles. The molecule has 0 aliphatic carbocycles. The fraction of sp³-hybridized carbons (Fsp3) is 0.444. The number of unbranched alkanes of at least 4 members (excludes halogenated alkanes) is 2. The smallest absolute Gasteiger partial charge is 0.246 e. The van der Waals surface area contributed by atoms with Crippen LogP contribution in [0.2, 0.25) is 0 Å². The van der Waals surface area contributed by atoms with E-state index in [1.54, 1.807) is 6.92 Å². The van der Waals surface area contributed by atoms with Crippen molar-refractivity contribution >= 4 is 16.9 Å². The normalized spacial score (nSPS) is 10.8. The number of carbonyl (C=O) groups excluding carboxylic acids is 1. The minimum atomic E-state index is -0.0892. The Morgan fingerprint density at radius 3 is 2.82 bits per heavy atom. The van der Waals surface area contributed by atoms with Gasteiger partial charge in [0.05, 0.1) is 11.0 Å². The van der Waals surface area contributed by atoms with Crippen LogP contribution in [0.1, 0.15) is 38.9 Å². The van der Waals surface area contributed by atoms with E-state index in [2.05, 4.69) is 29.5 Å². The predicted molar refractivity (Wildman–Crippen MR) is 90.8 cm³/mol. The van der Waals surface area contributed by atoms with Crippen LogP contribution in [-0.2, 0) is 17.8 Å². The van der Waals surface area contributed by atoms with E-state index >= 15 is 0 Å². The van der Waals surface area contributed by atoms with Crippen molar-refractivity contribution in [3.63, 3.8) is 0 Å². The monoisotopic (exact) mass is 299 g/mol. The van der Waals surface area contributed by atoms with E-state index in [1.807, 2.05) is 18.2 Å². The van der Waals surface area contributed by atoms with Crippen molar-refractivity contribution < 1.29 is 4.79 Å². The van der Waals surface area contributed by atoms with Crippen LogP contribution in [0.4, 0.5) is 0 Å². The number of aryl methyl sites for hydroxylation is 1. The number of fused-ring (bicyclic) bond motifs is 1. The Kier molecular flexibility index (Phi) is 5.75. The molecule has 4 nitrogen and oxygen atoms in total. The number of amides is 1. The molecule has 0 fully saturated rings. The van der Waals surface area contributed by atoms with E-state index in [-0.39, 0.29) is 5.91 Å². The van der Waals surface area contributed by atoms with Crippen molar-refractivity contribution in [2.24, 2.45) is 0 Å². The molecule has 0 aliphatic heterocycles. The summed E-state index contributed by atoms with van der Waals surface area (Å²) in [6.07, 6.45) is 4.32. The van der Waals surface area contributed by atoms with Gasteiger partial charge in [-0.2, -0.15) is 0 Å². The summed E-state index contributed by atoms with van der Waals surface area (Å²) in [7, 11) is 0. The summed E-state index contributed by atoms with van der Waals surface area (Å²) in [6, 6.07) is 8.22. The number of nitrogens with one attached hydrogen (secondary N) is 1. The third-order valence-electron chi connectivity index (χ3n) is 3.74. The number of para-hydroxylation sites is 2. The van der Waals surface area contributed by atoms with Crippen LogP contribution in [0, 0.1) is 0 Å². The molecule has 0 saturated heterocycles. The van der Waals surface area contributed by atoms with Crippen LogP contribution in [0.3, 0.4) is 0 Å². The number of aromatic nitrogens is 2. The van der Waals surface area contributed by atoms with Gasteiger partial charge in [0.25, 0.3) is 0 Å². The maximum Gasteiger partial charge on any atom is 0.246 e. The number of hydrogen-bond acceptors (Lipinski definition) is 2. The first-order valence-corrected chi connectivity index (χ1v) is 8.01. The largest absolute Gasteiger partial charge is 0.352 e. The van der Waals surface area contributed by atoms with Gasteiger partial charge in [-0.3, -0.25) is 4.79 Å². The second-order valence-corrected chi connectivity index (χ2v) is 5.66. The maximum absolute atomic E-state index is 11.6. The van der Waals surface area contributed by atoms with Gasteiger partial charge in [-0.05, 0) is 25.5 Å². The first-order chi connectivity index (χ1) is 10.6. The Bertz CT molecular complexity index is 657. The lowest BCUT2D eigenvalue weighted by Crippen LogP contribution is -2.26. The highest BCUT2D eigenvalue weighted by Crippen LogP contribution is 2.17. The highest BCUT2D eigenvalue weighted by molar-refractivity contribution is 5.92. The van der Waals surface area contributed by atoms with Crippen LogP contribution in [0.25, 0.3) is 11.0 Å². The average molecular weight is 299 g/mol. The van der Waals surface area contributed by atoms with Gasteiger partial charge in [-0.15, -0.1) is 0 Å². The lowest BCUT2D eigenvalue weighted by molar-refractivity contribution is -0.117. The summed E-state index contributed by atoms with van der Waals surface area (Å²) < 4.78 is 2.29. The van der Waals surface area contributed by atoms with Crippen LogP contribution in [-0.4, -0.2) is 22.0 Å². The molecular formula is C18H25N3O. The molecule has 0 unspecified atom stereocenters. The summed E-state index contributed by atoms with van der Waals surface area (Å²) in [5.74, 6) is 0.952.